The van der Waals surface area contributed by atoms with Crippen molar-refractivity contribution in [1.82, 2.24) is 9.80 Å². The van der Waals surface area contributed by atoms with Crippen LogP contribution in [0.5, 0.6) is 5.75 Å². The number of amides is 1. The number of Topliss-reactive ketones (excluding diaryl/α,β-unsaturated/α-hetero) is 1. The van der Waals surface area contributed by atoms with Gasteiger partial charge in [-0.05, 0) is 37.9 Å². The molecule has 1 spiro atoms. The molecular formula is C21H28N2O5. The third-order valence-electron chi connectivity index (χ3n) is 5.84. The number of likely N-dealkylation sites (tertiary alicyclic amines) is 2. The van der Waals surface area contributed by atoms with E-state index < -0.39 is 0 Å². The smallest absolute Gasteiger partial charge is 0.290 e. The van der Waals surface area contributed by atoms with Gasteiger partial charge in [0.15, 0.2) is 5.78 Å². The summed E-state index contributed by atoms with van der Waals surface area (Å²) in [5.41, 5.74) is 0.380. The monoisotopic (exact) mass is 388 g/mol. The van der Waals surface area contributed by atoms with Crippen molar-refractivity contribution >= 4 is 18.2 Å². The van der Waals surface area contributed by atoms with Crippen LogP contribution in [0, 0.1) is 0 Å². The van der Waals surface area contributed by atoms with Gasteiger partial charge in [-0.15, -0.1) is 0 Å². The van der Waals surface area contributed by atoms with Gasteiger partial charge >= 0.3 is 0 Å². The lowest BCUT2D eigenvalue weighted by atomic mass is 9.84. The van der Waals surface area contributed by atoms with E-state index in [2.05, 4.69) is 4.90 Å². The molecule has 152 valence electrons. The van der Waals surface area contributed by atoms with E-state index in [1.807, 2.05) is 29.2 Å². The van der Waals surface area contributed by atoms with Crippen molar-refractivity contribution in [3.63, 3.8) is 0 Å². The molecule has 7 heteroatoms. The predicted octanol–water partition coefficient (Wildman–Crippen LogP) is 2.20. The first-order valence-electron chi connectivity index (χ1n) is 9.96. The first kappa shape index (κ1) is 20.3. The van der Waals surface area contributed by atoms with E-state index in [9.17, 15) is 9.59 Å². The number of rotatable bonds is 3. The maximum absolute atomic E-state index is 12.6. The molecule has 4 rings (SSSR count). The van der Waals surface area contributed by atoms with Crippen molar-refractivity contribution in [3.8, 4) is 5.75 Å². The van der Waals surface area contributed by atoms with E-state index in [1.54, 1.807) is 0 Å². The highest BCUT2D eigenvalue weighted by Crippen LogP contribution is 2.39. The number of carbonyl (C=O) groups is 3. The van der Waals surface area contributed by atoms with Gasteiger partial charge in [-0.2, -0.15) is 0 Å². The van der Waals surface area contributed by atoms with Crippen LogP contribution in [0.25, 0.3) is 0 Å². The number of para-hydroxylation sites is 1. The van der Waals surface area contributed by atoms with Crippen LogP contribution in [0.15, 0.2) is 24.3 Å². The van der Waals surface area contributed by atoms with E-state index >= 15 is 0 Å². The molecule has 1 amide bonds. The minimum Gasteiger partial charge on any atom is -0.486 e. The number of carboxylic acid groups (broad SMARTS) is 1. The average molecular weight is 388 g/mol. The zero-order chi connectivity index (χ0) is 20.0. The summed E-state index contributed by atoms with van der Waals surface area (Å²) in [6.45, 7) is 4.35. The summed E-state index contributed by atoms with van der Waals surface area (Å²) in [6, 6.07) is 7.60. The second kappa shape index (κ2) is 9.19. The van der Waals surface area contributed by atoms with Gasteiger partial charge < -0.3 is 19.6 Å². The van der Waals surface area contributed by atoms with Crippen LogP contribution in [-0.2, 0) is 9.59 Å². The van der Waals surface area contributed by atoms with E-state index in [-0.39, 0.29) is 17.9 Å². The topological polar surface area (TPSA) is 87.2 Å². The Balaban J connectivity index is 0.000000706. The quantitative estimate of drug-likeness (QED) is 0.799. The molecule has 1 aromatic rings. The van der Waals surface area contributed by atoms with Crippen LogP contribution >= 0.6 is 0 Å². The third-order valence-corrected chi connectivity index (χ3v) is 5.84. The van der Waals surface area contributed by atoms with Crippen LogP contribution in [-0.4, -0.2) is 71.4 Å². The summed E-state index contributed by atoms with van der Waals surface area (Å²) < 4.78 is 6.34. The molecule has 2 saturated heterocycles. The predicted molar refractivity (Wildman–Crippen MR) is 104 cm³/mol. The second-order valence-electron chi connectivity index (χ2n) is 7.67. The SMILES string of the molecule is O=C1CC2(CCCN(CCN3CCCC3=O)CC2)Oc2ccccc21.O=CO. The van der Waals surface area contributed by atoms with Crippen molar-refractivity contribution in [3.05, 3.63) is 29.8 Å². The van der Waals surface area contributed by atoms with Gasteiger partial charge in [-0.3, -0.25) is 14.4 Å². The molecule has 1 N–H and O–H groups in total. The van der Waals surface area contributed by atoms with Crippen molar-refractivity contribution in [1.29, 1.82) is 0 Å². The fourth-order valence-electron chi connectivity index (χ4n) is 4.37. The van der Waals surface area contributed by atoms with Gasteiger partial charge in [0.1, 0.15) is 11.4 Å². The Kier molecular flexibility index (Phi) is 6.67. The molecule has 0 aliphatic carbocycles. The minimum absolute atomic E-state index is 0.206. The number of nitrogens with zero attached hydrogens (tertiary/aromatic N) is 2. The van der Waals surface area contributed by atoms with Crippen LogP contribution in [0.4, 0.5) is 0 Å². The lowest BCUT2D eigenvalue weighted by Gasteiger charge is -2.37. The largest absolute Gasteiger partial charge is 0.486 e. The lowest BCUT2D eigenvalue weighted by Crippen LogP contribution is -2.43. The third kappa shape index (κ3) is 4.70. The molecule has 7 nitrogen and oxygen atoms in total. The molecule has 0 saturated carbocycles. The molecule has 1 unspecified atom stereocenters. The number of hydrogen-bond donors (Lipinski definition) is 1. The zero-order valence-electron chi connectivity index (χ0n) is 16.1. The minimum atomic E-state index is -0.344. The van der Waals surface area contributed by atoms with Gasteiger partial charge in [0.25, 0.3) is 6.47 Å². The Morgan fingerprint density at radius 3 is 2.61 bits per heavy atom. The summed E-state index contributed by atoms with van der Waals surface area (Å²) in [5.74, 6) is 1.25. The fourth-order valence-corrected chi connectivity index (χ4v) is 4.37. The van der Waals surface area contributed by atoms with Crippen molar-refractivity contribution in [2.24, 2.45) is 0 Å². The summed E-state index contributed by atoms with van der Waals surface area (Å²) in [4.78, 5) is 37.1. The van der Waals surface area contributed by atoms with Gasteiger partial charge in [-0.25, -0.2) is 0 Å². The summed E-state index contributed by atoms with van der Waals surface area (Å²) in [5, 5.41) is 6.89. The number of ether oxygens (including phenoxy) is 1. The van der Waals surface area contributed by atoms with Crippen LogP contribution in [0.1, 0.15) is 48.9 Å². The van der Waals surface area contributed by atoms with Gasteiger partial charge in [-0.1, -0.05) is 12.1 Å². The van der Waals surface area contributed by atoms with Crippen molar-refractivity contribution < 1.29 is 24.2 Å². The van der Waals surface area contributed by atoms with Crippen LogP contribution < -0.4 is 4.74 Å². The van der Waals surface area contributed by atoms with Crippen molar-refractivity contribution in [2.75, 3.05) is 32.7 Å². The highest BCUT2D eigenvalue weighted by molar-refractivity contribution is 6.00. The molecule has 3 heterocycles. The Hall–Kier alpha value is -2.41. The zero-order valence-corrected chi connectivity index (χ0v) is 16.1. The molecule has 3 aliphatic heterocycles. The van der Waals surface area contributed by atoms with E-state index in [0.29, 0.717) is 18.7 Å². The molecule has 3 aliphatic rings. The van der Waals surface area contributed by atoms with Gasteiger partial charge in [0.2, 0.25) is 5.91 Å². The average Bonchev–Trinajstić information content (AvgIpc) is 2.99. The molecule has 2 fully saturated rings. The first-order valence-corrected chi connectivity index (χ1v) is 9.96. The van der Waals surface area contributed by atoms with E-state index in [1.165, 1.54) is 0 Å². The summed E-state index contributed by atoms with van der Waals surface area (Å²) in [7, 11) is 0. The Morgan fingerprint density at radius 1 is 1.07 bits per heavy atom. The summed E-state index contributed by atoms with van der Waals surface area (Å²) in [6.07, 6.45) is 5.02. The maximum Gasteiger partial charge on any atom is 0.290 e. The van der Waals surface area contributed by atoms with E-state index in [4.69, 9.17) is 14.6 Å². The Bertz CT molecular complexity index is 723. The van der Waals surface area contributed by atoms with Crippen LogP contribution in [0.2, 0.25) is 0 Å². The lowest BCUT2D eigenvalue weighted by molar-refractivity contribution is -0.128. The fraction of sp³-hybridized carbons (Fsp3) is 0.571. The maximum atomic E-state index is 12.6. The molecule has 0 bridgehead atoms. The number of benzene rings is 1. The molecule has 28 heavy (non-hydrogen) atoms. The molecule has 1 aromatic carbocycles. The molecule has 0 aromatic heterocycles. The van der Waals surface area contributed by atoms with Gasteiger partial charge in [0.05, 0.1) is 12.0 Å². The normalized spacial score (nSPS) is 24.8. The van der Waals surface area contributed by atoms with E-state index in [0.717, 1.165) is 69.7 Å². The standard InChI is InChI=1S/C20H26N2O3.CH2O2/c23-17-15-20(25-18-6-2-1-5-16(17)18)8-4-10-21(12-9-20)13-14-22-11-3-7-19(22)24;2-1-3/h1-2,5-6H,3-4,7-15H2;1H,(H,2,3). The Morgan fingerprint density at radius 2 is 1.86 bits per heavy atom. The number of ketones is 1. The molecule has 0 radical (unpaired) electrons. The number of hydrogen-bond acceptors (Lipinski definition) is 5. The number of fused-ring (bicyclic) bond motifs is 1. The second-order valence-corrected chi connectivity index (χ2v) is 7.67. The number of carbonyl (C=O) groups excluding carboxylic acids is 2. The van der Waals surface area contributed by atoms with Gasteiger partial charge in [0, 0.05) is 39.0 Å². The molecular weight excluding hydrogens is 360 g/mol. The highest BCUT2D eigenvalue weighted by Gasteiger charge is 2.41. The summed E-state index contributed by atoms with van der Waals surface area (Å²) >= 11 is 0. The Labute approximate surface area is 165 Å². The first-order chi connectivity index (χ1) is 13.6. The molecule has 1 atom stereocenters. The van der Waals surface area contributed by atoms with Crippen molar-refractivity contribution in [2.45, 2.75) is 44.1 Å². The highest BCUT2D eigenvalue weighted by atomic mass is 16.5. The van der Waals surface area contributed by atoms with Crippen LogP contribution in [0.3, 0.4) is 0 Å².